The van der Waals surface area contributed by atoms with E-state index in [0.717, 1.165) is 31.6 Å². The molecule has 0 spiro atoms. The van der Waals surface area contributed by atoms with E-state index in [-0.39, 0.29) is 5.91 Å². The van der Waals surface area contributed by atoms with Gasteiger partial charge in [0.2, 0.25) is 0 Å². The van der Waals surface area contributed by atoms with Gasteiger partial charge in [-0.1, -0.05) is 0 Å². The van der Waals surface area contributed by atoms with Crippen LogP contribution in [-0.4, -0.2) is 40.6 Å². The second-order valence-corrected chi connectivity index (χ2v) is 4.40. The fourth-order valence-electron chi connectivity index (χ4n) is 2.18. The van der Waals surface area contributed by atoms with E-state index in [0.29, 0.717) is 18.0 Å². The van der Waals surface area contributed by atoms with Gasteiger partial charge in [-0.05, 0) is 32.2 Å². The molecule has 16 heavy (non-hydrogen) atoms. The molecule has 1 aliphatic heterocycles. The number of piperidine rings is 1. The molecule has 1 aromatic heterocycles. The molecule has 2 rings (SSSR count). The first-order chi connectivity index (χ1) is 7.72. The van der Waals surface area contributed by atoms with Crippen molar-refractivity contribution < 1.29 is 4.79 Å². The molecule has 1 saturated heterocycles. The predicted molar refractivity (Wildman–Crippen MR) is 61.0 cm³/mol. The average molecular weight is 222 g/mol. The van der Waals surface area contributed by atoms with Crippen molar-refractivity contribution in [1.82, 2.24) is 15.1 Å². The van der Waals surface area contributed by atoms with E-state index in [2.05, 4.69) is 10.2 Å². The van der Waals surface area contributed by atoms with Gasteiger partial charge in [-0.25, -0.2) is 0 Å². The molecule has 0 radical (unpaired) electrons. The summed E-state index contributed by atoms with van der Waals surface area (Å²) in [4.78, 5) is 14.1. The van der Waals surface area contributed by atoms with E-state index in [4.69, 9.17) is 5.73 Å². The SMILES string of the molecule is Cc1[nH]ncc1C(=O)N1CCCC(CN)C1. The molecule has 0 saturated carbocycles. The molecule has 1 amide bonds. The van der Waals surface area contributed by atoms with Crippen molar-refractivity contribution in [2.45, 2.75) is 19.8 Å². The van der Waals surface area contributed by atoms with Crippen LogP contribution in [0.4, 0.5) is 0 Å². The number of likely N-dealkylation sites (tertiary alicyclic amines) is 1. The van der Waals surface area contributed by atoms with E-state index >= 15 is 0 Å². The molecule has 0 aromatic carbocycles. The number of aromatic nitrogens is 2. The van der Waals surface area contributed by atoms with Crippen LogP contribution in [0.15, 0.2) is 6.20 Å². The van der Waals surface area contributed by atoms with Gasteiger partial charge in [-0.2, -0.15) is 5.10 Å². The van der Waals surface area contributed by atoms with E-state index in [9.17, 15) is 4.79 Å². The molecule has 1 atom stereocenters. The van der Waals surface area contributed by atoms with Crippen LogP contribution in [0.3, 0.4) is 0 Å². The van der Waals surface area contributed by atoms with Gasteiger partial charge in [0.15, 0.2) is 0 Å². The number of nitrogens with two attached hydrogens (primary N) is 1. The number of carbonyl (C=O) groups excluding carboxylic acids is 1. The minimum Gasteiger partial charge on any atom is -0.338 e. The van der Waals surface area contributed by atoms with E-state index in [1.165, 1.54) is 0 Å². The Balaban J connectivity index is 2.07. The topological polar surface area (TPSA) is 75.0 Å². The summed E-state index contributed by atoms with van der Waals surface area (Å²) in [5, 5.41) is 6.67. The lowest BCUT2D eigenvalue weighted by molar-refractivity contribution is 0.0677. The number of H-pyrrole nitrogens is 1. The molecule has 1 fully saturated rings. The number of aryl methyl sites for hydroxylation is 1. The third-order valence-corrected chi connectivity index (χ3v) is 3.20. The lowest BCUT2D eigenvalue weighted by Crippen LogP contribution is -2.42. The van der Waals surface area contributed by atoms with Gasteiger partial charge in [0.25, 0.3) is 5.91 Å². The summed E-state index contributed by atoms with van der Waals surface area (Å²) in [5.41, 5.74) is 7.17. The van der Waals surface area contributed by atoms with Gasteiger partial charge < -0.3 is 10.6 Å². The van der Waals surface area contributed by atoms with Gasteiger partial charge in [0, 0.05) is 18.8 Å². The number of nitrogens with one attached hydrogen (secondary N) is 1. The molecule has 2 heterocycles. The highest BCUT2D eigenvalue weighted by molar-refractivity contribution is 5.95. The summed E-state index contributed by atoms with van der Waals surface area (Å²) in [6.45, 7) is 4.14. The predicted octanol–water partition coefficient (Wildman–Crippen LogP) is 0.529. The summed E-state index contributed by atoms with van der Waals surface area (Å²) < 4.78 is 0. The van der Waals surface area contributed by atoms with Crippen molar-refractivity contribution in [2.24, 2.45) is 11.7 Å². The normalized spacial score (nSPS) is 21.1. The summed E-state index contributed by atoms with van der Waals surface area (Å²) in [7, 11) is 0. The number of aromatic amines is 1. The van der Waals surface area contributed by atoms with E-state index < -0.39 is 0 Å². The Morgan fingerprint density at radius 1 is 1.75 bits per heavy atom. The summed E-state index contributed by atoms with van der Waals surface area (Å²) >= 11 is 0. The van der Waals surface area contributed by atoms with Crippen molar-refractivity contribution in [2.75, 3.05) is 19.6 Å². The Labute approximate surface area is 95.0 Å². The Bertz CT molecular complexity index is 374. The number of amides is 1. The number of hydrogen-bond donors (Lipinski definition) is 2. The first-order valence-electron chi connectivity index (χ1n) is 5.71. The fourth-order valence-corrected chi connectivity index (χ4v) is 2.18. The Hall–Kier alpha value is -1.36. The van der Waals surface area contributed by atoms with Gasteiger partial charge in [0.1, 0.15) is 0 Å². The van der Waals surface area contributed by atoms with Crippen molar-refractivity contribution in [3.05, 3.63) is 17.5 Å². The Morgan fingerprint density at radius 3 is 3.19 bits per heavy atom. The summed E-state index contributed by atoms with van der Waals surface area (Å²) in [6, 6.07) is 0. The van der Waals surface area contributed by atoms with Gasteiger partial charge in [-0.15, -0.1) is 0 Å². The molecule has 1 aromatic rings. The second-order valence-electron chi connectivity index (χ2n) is 4.40. The summed E-state index contributed by atoms with van der Waals surface area (Å²) in [5.74, 6) is 0.523. The monoisotopic (exact) mass is 222 g/mol. The third kappa shape index (κ3) is 2.09. The lowest BCUT2D eigenvalue weighted by atomic mass is 9.98. The average Bonchev–Trinajstić information content (AvgIpc) is 2.74. The third-order valence-electron chi connectivity index (χ3n) is 3.20. The standard InChI is InChI=1S/C11H18N4O/c1-8-10(6-13-14-8)11(16)15-4-2-3-9(5-12)7-15/h6,9H,2-5,7,12H2,1H3,(H,13,14). The molecular formula is C11H18N4O. The number of rotatable bonds is 2. The molecule has 5 nitrogen and oxygen atoms in total. The van der Waals surface area contributed by atoms with Crippen molar-refractivity contribution in [1.29, 1.82) is 0 Å². The van der Waals surface area contributed by atoms with Gasteiger partial charge in [0.05, 0.1) is 11.8 Å². The Morgan fingerprint density at radius 2 is 2.56 bits per heavy atom. The van der Waals surface area contributed by atoms with Crippen LogP contribution >= 0.6 is 0 Å². The molecule has 1 aliphatic rings. The first kappa shape index (κ1) is 11.1. The smallest absolute Gasteiger partial charge is 0.257 e. The highest BCUT2D eigenvalue weighted by atomic mass is 16.2. The quantitative estimate of drug-likeness (QED) is 0.766. The van der Waals surface area contributed by atoms with Crippen LogP contribution in [0.1, 0.15) is 28.9 Å². The number of carbonyl (C=O) groups is 1. The first-order valence-corrected chi connectivity index (χ1v) is 5.71. The largest absolute Gasteiger partial charge is 0.338 e. The van der Waals surface area contributed by atoms with Crippen molar-refractivity contribution in [3.63, 3.8) is 0 Å². The highest BCUT2D eigenvalue weighted by Gasteiger charge is 2.25. The molecule has 0 aliphatic carbocycles. The zero-order chi connectivity index (χ0) is 11.5. The maximum Gasteiger partial charge on any atom is 0.257 e. The second kappa shape index (κ2) is 4.65. The molecule has 3 N–H and O–H groups in total. The molecular weight excluding hydrogens is 204 g/mol. The van der Waals surface area contributed by atoms with E-state index in [1.807, 2.05) is 11.8 Å². The van der Waals surface area contributed by atoms with Crippen LogP contribution in [0.5, 0.6) is 0 Å². The molecule has 1 unspecified atom stereocenters. The minimum atomic E-state index is 0.0735. The lowest BCUT2D eigenvalue weighted by Gasteiger charge is -2.32. The fraction of sp³-hybridized carbons (Fsp3) is 0.636. The molecule has 0 bridgehead atoms. The van der Waals surface area contributed by atoms with E-state index in [1.54, 1.807) is 6.20 Å². The zero-order valence-corrected chi connectivity index (χ0v) is 9.57. The number of hydrogen-bond acceptors (Lipinski definition) is 3. The van der Waals surface area contributed by atoms with Crippen LogP contribution in [0.2, 0.25) is 0 Å². The highest BCUT2D eigenvalue weighted by Crippen LogP contribution is 2.18. The number of nitrogens with zero attached hydrogens (tertiary/aromatic N) is 2. The maximum atomic E-state index is 12.2. The molecule has 5 heteroatoms. The zero-order valence-electron chi connectivity index (χ0n) is 9.57. The van der Waals surface area contributed by atoms with Gasteiger partial charge >= 0.3 is 0 Å². The van der Waals surface area contributed by atoms with Crippen LogP contribution in [0.25, 0.3) is 0 Å². The summed E-state index contributed by atoms with van der Waals surface area (Å²) in [6.07, 6.45) is 3.78. The van der Waals surface area contributed by atoms with Crippen LogP contribution < -0.4 is 5.73 Å². The van der Waals surface area contributed by atoms with Crippen LogP contribution in [-0.2, 0) is 0 Å². The molecule has 88 valence electrons. The minimum absolute atomic E-state index is 0.0735. The van der Waals surface area contributed by atoms with Crippen LogP contribution in [0, 0.1) is 12.8 Å². The Kier molecular flexibility index (Phi) is 3.24. The maximum absolute atomic E-state index is 12.2. The van der Waals surface area contributed by atoms with Gasteiger partial charge in [-0.3, -0.25) is 9.89 Å². The van der Waals surface area contributed by atoms with Crippen molar-refractivity contribution >= 4 is 5.91 Å². The van der Waals surface area contributed by atoms with Crippen molar-refractivity contribution in [3.8, 4) is 0 Å².